The van der Waals surface area contributed by atoms with Crippen LogP contribution in [0, 0.1) is 12.8 Å². The van der Waals surface area contributed by atoms with Crippen LogP contribution >= 0.6 is 68.0 Å². The van der Waals surface area contributed by atoms with Gasteiger partial charge in [0.25, 0.3) is 23.6 Å². The van der Waals surface area contributed by atoms with Crippen molar-refractivity contribution in [3.63, 3.8) is 0 Å². The van der Waals surface area contributed by atoms with Crippen molar-refractivity contribution in [3.8, 4) is 43.4 Å². The van der Waals surface area contributed by atoms with E-state index in [0.717, 1.165) is 34.0 Å². The zero-order chi connectivity index (χ0) is 57.5. The van der Waals surface area contributed by atoms with Gasteiger partial charge < -0.3 is 51.6 Å². The monoisotopic (exact) mass is 1210 g/mol. The number of aliphatic hydroxyl groups is 1. The molecule has 30 heteroatoms. The number of carbonyl (C=O) groups is 7. The standard InChI is InChI=1S/C51H49N13O11S6/c1-22(2)37-51-64-40(31(81-51)15-74-5)44(72)53-14-34(66)61-41(42(70)24-9-7-6-8-10-24)50-58-30(20-78-50)48-56-28(18-77-48)39-25(11-12-26(54-39)47-60-32(21-79-47)59-35(67)16-75-17-36(68)69)46-57-29(19-76-46)43(71)55-27(13-33(65)52-4)49-63-38(23(3)80-49)45(73)62-37/h6-12,18-22,27,37,41-42,70H,13-17H2,1-5H3,(H,52,65)(H,53,72)(H,55,71)(H,59,67)(H,61,66)(H,62,73)(H,68,69)/t27-,37-,41-,42-/m0/s1. The first kappa shape index (κ1) is 58.0. The Morgan fingerprint density at radius 1 is 0.691 bits per heavy atom. The number of hydrogen-bond donors (Lipinski definition) is 8. The lowest BCUT2D eigenvalue weighted by atomic mass is 10.0. The summed E-state index contributed by atoms with van der Waals surface area (Å²) in [6, 6.07) is 9.33. The number of amides is 6. The molecule has 8 N–H and O–H groups in total. The number of rotatable bonds is 13. The van der Waals surface area contributed by atoms with Gasteiger partial charge in [-0.3, -0.25) is 28.8 Å². The molecule has 420 valence electrons. The molecule has 8 aromatic rings. The number of carboxylic acids is 1. The Labute approximate surface area is 484 Å². The molecule has 0 radical (unpaired) electrons. The summed E-state index contributed by atoms with van der Waals surface area (Å²) in [5, 5.41) is 46.2. The van der Waals surface area contributed by atoms with Crippen LogP contribution in [0.2, 0.25) is 0 Å². The maximum Gasteiger partial charge on any atom is 0.329 e. The molecule has 1 aliphatic heterocycles. The third-order valence-corrected chi connectivity index (χ3v) is 17.7. The van der Waals surface area contributed by atoms with Crippen molar-refractivity contribution < 1.29 is 53.2 Å². The Morgan fingerprint density at radius 3 is 2.16 bits per heavy atom. The fourth-order valence-corrected chi connectivity index (χ4v) is 13.5. The fraction of sp³-hybridized carbons (Fsp3) is 0.294. The average Bonchev–Trinajstić information content (AvgIpc) is 4.33. The van der Waals surface area contributed by atoms with Gasteiger partial charge >= 0.3 is 5.97 Å². The van der Waals surface area contributed by atoms with Crippen LogP contribution in [0.1, 0.15) is 106 Å². The van der Waals surface area contributed by atoms with E-state index in [1.807, 2.05) is 13.8 Å². The molecule has 8 heterocycles. The van der Waals surface area contributed by atoms with Crippen molar-refractivity contribution >= 4 is 115 Å². The predicted molar refractivity (Wildman–Crippen MR) is 304 cm³/mol. The molecule has 1 aliphatic rings. The molecule has 81 heavy (non-hydrogen) atoms. The number of pyridine rings is 1. The largest absolute Gasteiger partial charge is 0.480 e. The molecule has 4 atom stereocenters. The number of nitrogens with one attached hydrogen (secondary N) is 6. The van der Waals surface area contributed by atoms with Crippen molar-refractivity contribution in [2.75, 3.05) is 39.2 Å². The van der Waals surface area contributed by atoms with E-state index in [-0.39, 0.29) is 46.9 Å². The van der Waals surface area contributed by atoms with Gasteiger partial charge in [-0.15, -0.1) is 68.0 Å². The summed E-state index contributed by atoms with van der Waals surface area (Å²) in [7, 11) is 2.92. The van der Waals surface area contributed by atoms with Crippen LogP contribution in [0.5, 0.6) is 0 Å². The van der Waals surface area contributed by atoms with E-state index in [1.54, 1.807) is 70.9 Å². The van der Waals surface area contributed by atoms with Crippen LogP contribution in [0.3, 0.4) is 0 Å². The summed E-state index contributed by atoms with van der Waals surface area (Å²) in [5.74, 6) is -4.86. The van der Waals surface area contributed by atoms with Crippen LogP contribution in [0.4, 0.5) is 5.82 Å². The number of aliphatic carboxylic acids is 1. The number of fused-ring (bicyclic) bond motifs is 14. The van der Waals surface area contributed by atoms with Gasteiger partial charge in [0.1, 0.15) is 95.4 Å². The minimum Gasteiger partial charge on any atom is -0.480 e. The van der Waals surface area contributed by atoms with Gasteiger partial charge in [0, 0.05) is 46.1 Å². The third kappa shape index (κ3) is 13.7. The van der Waals surface area contributed by atoms with Crippen molar-refractivity contribution in [1.29, 1.82) is 0 Å². The first-order valence-electron chi connectivity index (χ1n) is 24.5. The number of anilines is 1. The topological polar surface area (TPSA) is 341 Å². The van der Waals surface area contributed by atoms with Crippen molar-refractivity contribution in [2.24, 2.45) is 5.92 Å². The van der Waals surface area contributed by atoms with Gasteiger partial charge in [-0.1, -0.05) is 44.2 Å². The highest BCUT2D eigenvalue weighted by molar-refractivity contribution is 7.15. The maximum atomic E-state index is 14.2. The van der Waals surface area contributed by atoms with Crippen LogP contribution in [0.15, 0.2) is 64.0 Å². The Morgan fingerprint density at radius 2 is 1.41 bits per heavy atom. The fourth-order valence-electron chi connectivity index (χ4n) is 8.05. The van der Waals surface area contributed by atoms with E-state index in [2.05, 4.69) is 46.9 Å². The van der Waals surface area contributed by atoms with Crippen LogP contribution in [0.25, 0.3) is 43.4 Å². The molecule has 0 saturated heterocycles. The molecule has 9 rings (SSSR count). The first-order chi connectivity index (χ1) is 39.0. The minimum absolute atomic E-state index is 0.00395. The molecule has 0 spiro atoms. The van der Waals surface area contributed by atoms with Crippen molar-refractivity contribution in [3.05, 3.63) is 111 Å². The van der Waals surface area contributed by atoms with E-state index in [1.165, 1.54) is 48.2 Å². The first-order valence-corrected chi connectivity index (χ1v) is 29.6. The second kappa shape index (κ2) is 25.8. The summed E-state index contributed by atoms with van der Waals surface area (Å²) >= 11 is 7.03. The van der Waals surface area contributed by atoms with E-state index in [0.29, 0.717) is 68.7 Å². The van der Waals surface area contributed by atoms with Gasteiger partial charge in [-0.25, -0.2) is 39.7 Å². The van der Waals surface area contributed by atoms with E-state index in [9.17, 15) is 38.7 Å². The number of aromatic nitrogens is 7. The van der Waals surface area contributed by atoms with Gasteiger partial charge in [0.15, 0.2) is 0 Å². The summed E-state index contributed by atoms with van der Waals surface area (Å²) in [6.07, 6.45) is -1.52. The maximum absolute atomic E-state index is 14.2. The van der Waals surface area contributed by atoms with Gasteiger partial charge in [-0.2, -0.15) is 0 Å². The van der Waals surface area contributed by atoms with Crippen LogP contribution < -0.4 is 31.9 Å². The highest BCUT2D eigenvalue weighted by Crippen LogP contribution is 2.40. The number of aryl methyl sites for hydroxylation is 1. The van der Waals surface area contributed by atoms with Crippen LogP contribution in [-0.4, -0.2) is 120 Å². The number of aliphatic hydroxyl groups excluding tert-OH is 1. The lowest BCUT2D eigenvalue weighted by molar-refractivity contribution is -0.143. The molecule has 7 aromatic heterocycles. The number of hydrogen-bond acceptors (Lipinski definition) is 23. The average molecular weight is 1210 g/mol. The number of ether oxygens (including phenoxy) is 2. The Bertz CT molecular complexity index is 3650. The second-order valence-corrected chi connectivity index (χ2v) is 23.9. The number of nitrogens with zero attached hydrogens (tertiary/aromatic N) is 7. The summed E-state index contributed by atoms with van der Waals surface area (Å²) in [4.78, 5) is 127. The number of thiazole rings is 6. The van der Waals surface area contributed by atoms with E-state index >= 15 is 0 Å². The molecule has 1 aromatic carbocycles. The second-order valence-electron chi connectivity index (χ2n) is 18.1. The lowest BCUT2D eigenvalue weighted by Gasteiger charge is -2.23. The molecule has 0 fully saturated rings. The molecule has 0 saturated carbocycles. The summed E-state index contributed by atoms with van der Waals surface area (Å²) in [5.41, 5.74) is 2.50. The molecule has 24 nitrogen and oxygen atoms in total. The number of carbonyl (C=O) groups excluding carboxylic acids is 6. The highest BCUT2D eigenvalue weighted by Gasteiger charge is 2.33. The van der Waals surface area contributed by atoms with Crippen molar-refractivity contribution in [1.82, 2.24) is 61.5 Å². The number of carboxylic acid groups (broad SMARTS) is 1. The molecule has 0 aliphatic carbocycles. The third-order valence-electron chi connectivity index (χ3n) is 12.0. The number of methoxy groups -OCH3 is 1. The normalized spacial score (nSPS) is 16.4. The van der Waals surface area contributed by atoms with E-state index in [4.69, 9.17) is 34.5 Å². The highest BCUT2D eigenvalue weighted by atomic mass is 32.1. The molecular weight excluding hydrogens is 1160 g/mol. The zero-order valence-electron chi connectivity index (χ0n) is 43.4. The molecule has 10 bridgehead atoms. The Balaban J connectivity index is 1.12. The van der Waals surface area contributed by atoms with Crippen molar-refractivity contribution in [2.45, 2.75) is 58.0 Å². The SMILES string of the molecule is CNC(=O)C[C@@H]1NC(=O)c2csc(n2)-c2ccc(-c3nc(NC(=O)COCC(=O)O)cs3)nc2-c2csc(n2)-c2csc(n2)[C@H]([C@@H](O)c2ccccc2)NC(=O)CNC(=O)c2nc(sc2COC)[C@H](C(C)C)NC(=O)c2nc1sc2C. The van der Waals surface area contributed by atoms with Gasteiger partial charge in [0.05, 0.1) is 42.2 Å². The summed E-state index contributed by atoms with van der Waals surface area (Å²) in [6.45, 7) is 3.76. The Kier molecular flexibility index (Phi) is 18.5. The Hall–Kier alpha value is -7.68. The van der Waals surface area contributed by atoms with Crippen LogP contribution in [-0.2, 0) is 35.3 Å². The smallest absolute Gasteiger partial charge is 0.329 e. The lowest BCUT2D eigenvalue weighted by Crippen LogP contribution is -2.40. The molecule has 0 unspecified atom stereocenters. The quantitative estimate of drug-likeness (QED) is 0.0623. The summed E-state index contributed by atoms with van der Waals surface area (Å²) < 4.78 is 10.3. The molecule has 6 amide bonds. The predicted octanol–water partition coefficient (Wildman–Crippen LogP) is 6.35. The van der Waals surface area contributed by atoms with Gasteiger partial charge in [0.2, 0.25) is 11.8 Å². The van der Waals surface area contributed by atoms with E-state index < -0.39 is 85.4 Å². The van der Waals surface area contributed by atoms with Gasteiger partial charge in [-0.05, 0) is 30.5 Å². The zero-order valence-corrected chi connectivity index (χ0v) is 48.3. The number of benzene rings is 1. The molecular formula is C51H49N13O11S6. The minimum atomic E-state index is -1.29.